The number of anilines is 1. The number of nitrogens with zero attached hydrogens (tertiary/aromatic N) is 3. The second-order valence-electron chi connectivity index (χ2n) is 5.49. The molecule has 0 bridgehead atoms. The van der Waals surface area contributed by atoms with Gasteiger partial charge in [0, 0.05) is 12.1 Å². The molecule has 0 aliphatic rings. The normalized spacial score (nSPS) is 10.3. The topological polar surface area (TPSA) is 98.3 Å². The quantitative estimate of drug-likeness (QED) is 0.652. The molecular formula is C19H19N5O3. The Kier molecular flexibility index (Phi) is 5.46. The van der Waals surface area contributed by atoms with Crippen LogP contribution in [0.3, 0.4) is 0 Å². The molecule has 2 heterocycles. The van der Waals surface area contributed by atoms with Crippen LogP contribution in [-0.4, -0.2) is 41.7 Å². The maximum atomic E-state index is 11.7. The molecule has 2 aromatic heterocycles. The van der Waals surface area contributed by atoms with E-state index in [0.29, 0.717) is 40.7 Å². The molecule has 0 aliphatic heterocycles. The molecule has 138 valence electrons. The van der Waals surface area contributed by atoms with Gasteiger partial charge in [0.1, 0.15) is 5.52 Å². The SMILES string of the molecule is C=CCNC(=O)Nc1cnc2ccc(-c3ccc(OC)c(OC)c3)nc2n1. The number of carbonyl (C=O) groups excluding carboxylic acids is 1. The lowest BCUT2D eigenvalue weighted by Crippen LogP contribution is -2.29. The summed E-state index contributed by atoms with van der Waals surface area (Å²) in [4.78, 5) is 24.9. The van der Waals surface area contributed by atoms with Crippen molar-refractivity contribution in [1.82, 2.24) is 20.3 Å². The van der Waals surface area contributed by atoms with Crippen molar-refractivity contribution in [3.63, 3.8) is 0 Å². The fraction of sp³-hybridized carbons (Fsp3) is 0.158. The fourth-order valence-corrected chi connectivity index (χ4v) is 2.44. The van der Waals surface area contributed by atoms with Crippen LogP contribution in [0.2, 0.25) is 0 Å². The molecular weight excluding hydrogens is 346 g/mol. The largest absolute Gasteiger partial charge is 0.493 e. The van der Waals surface area contributed by atoms with E-state index in [0.717, 1.165) is 5.56 Å². The van der Waals surface area contributed by atoms with Crippen molar-refractivity contribution in [3.05, 3.63) is 49.2 Å². The van der Waals surface area contributed by atoms with Gasteiger partial charge in [0.15, 0.2) is 23.0 Å². The van der Waals surface area contributed by atoms with E-state index in [9.17, 15) is 4.79 Å². The lowest BCUT2D eigenvalue weighted by molar-refractivity contribution is 0.253. The number of rotatable bonds is 6. The van der Waals surface area contributed by atoms with Crippen LogP contribution in [0.5, 0.6) is 11.5 Å². The maximum absolute atomic E-state index is 11.7. The number of amides is 2. The van der Waals surface area contributed by atoms with E-state index in [4.69, 9.17) is 9.47 Å². The van der Waals surface area contributed by atoms with Crippen molar-refractivity contribution in [3.8, 4) is 22.8 Å². The minimum atomic E-state index is -0.389. The zero-order chi connectivity index (χ0) is 19.2. The third kappa shape index (κ3) is 4.12. The van der Waals surface area contributed by atoms with Crippen LogP contribution in [0, 0.1) is 0 Å². The Bertz CT molecular complexity index is 990. The van der Waals surface area contributed by atoms with Crippen LogP contribution < -0.4 is 20.1 Å². The summed E-state index contributed by atoms with van der Waals surface area (Å²) in [6, 6.07) is 8.82. The summed E-state index contributed by atoms with van der Waals surface area (Å²) < 4.78 is 10.6. The molecule has 8 heteroatoms. The van der Waals surface area contributed by atoms with E-state index >= 15 is 0 Å². The molecule has 0 aliphatic carbocycles. The molecule has 0 saturated carbocycles. The molecule has 8 nitrogen and oxygen atoms in total. The van der Waals surface area contributed by atoms with Crippen molar-refractivity contribution < 1.29 is 14.3 Å². The van der Waals surface area contributed by atoms with Crippen LogP contribution in [-0.2, 0) is 0 Å². The van der Waals surface area contributed by atoms with Gasteiger partial charge in [-0.3, -0.25) is 5.32 Å². The number of urea groups is 1. The number of aromatic nitrogens is 3. The average Bonchev–Trinajstić information content (AvgIpc) is 2.71. The third-order valence-electron chi connectivity index (χ3n) is 3.73. The Morgan fingerprint density at radius 3 is 2.70 bits per heavy atom. The Balaban J connectivity index is 1.92. The molecule has 2 amide bonds. The van der Waals surface area contributed by atoms with Crippen molar-refractivity contribution in [1.29, 1.82) is 0 Å². The van der Waals surface area contributed by atoms with E-state index < -0.39 is 0 Å². The summed E-state index contributed by atoms with van der Waals surface area (Å²) in [5, 5.41) is 5.22. The van der Waals surface area contributed by atoms with E-state index in [1.807, 2.05) is 30.3 Å². The van der Waals surface area contributed by atoms with Gasteiger partial charge in [-0.2, -0.15) is 0 Å². The smallest absolute Gasteiger partial charge is 0.320 e. The average molecular weight is 365 g/mol. The number of carbonyl (C=O) groups is 1. The molecule has 0 spiro atoms. The van der Waals surface area contributed by atoms with Gasteiger partial charge in [-0.1, -0.05) is 6.08 Å². The summed E-state index contributed by atoms with van der Waals surface area (Å²) >= 11 is 0. The Labute approximate surface area is 156 Å². The van der Waals surface area contributed by atoms with Gasteiger partial charge >= 0.3 is 6.03 Å². The lowest BCUT2D eigenvalue weighted by atomic mass is 10.1. The van der Waals surface area contributed by atoms with Gasteiger partial charge in [-0.15, -0.1) is 6.58 Å². The second kappa shape index (κ2) is 8.13. The highest BCUT2D eigenvalue weighted by atomic mass is 16.5. The van der Waals surface area contributed by atoms with Gasteiger partial charge in [-0.05, 0) is 30.3 Å². The molecule has 0 saturated heterocycles. The van der Waals surface area contributed by atoms with Gasteiger partial charge in [0.05, 0.1) is 26.1 Å². The zero-order valence-corrected chi connectivity index (χ0v) is 15.0. The fourth-order valence-electron chi connectivity index (χ4n) is 2.44. The number of hydrogen-bond acceptors (Lipinski definition) is 6. The first-order valence-corrected chi connectivity index (χ1v) is 8.16. The minimum absolute atomic E-state index is 0.307. The number of hydrogen-bond donors (Lipinski definition) is 2. The molecule has 27 heavy (non-hydrogen) atoms. The zero-order valence-electron chi connectivity index (χ0n) is 15.0. The Morgan fingerprint density at radius 1 is 1.15 bits per heavy atom. The van der Waals surface area contributed by atoms with Crippen LogP contribution >= 0.6 is 0 Å². The van der Waals surface area contributed by atoms with Crippen LogP contribution in [0.25, 0.3) is 22.4 Å². The summed E-state index contributed by atoms with van der Waals surface area (Å²) in [5.41, 5.74) is 2.59. The van der Waals surface area contributed by atoms with E-state index in [1.54, 1.807) is 20.3 Å². The van der Waals surface area contributed by atoms with Crippen LogP contribution in [0.15, 0.2) is 49.2 Å². The first-order valence-electron chi connectivity index (χ1n) is 8.16. The predicted octanol–water partition coefficient (Wildman–Crippen LogP) is 3.02. The number of pyridine rings is 1. The van der Waals surface area contributed by atoms with Crippen molar-refractivity contribution in [2.75, 3.05) is 26.1 Å². The predicted molar refractivity (Wildman–Crippen MR) is 103 cm³/mol. The molecule has 0 radical (unpaired) electrons. The first-order chi connectivity index (χ1) is 13.1. The van der Waals surface area contributed by atoms with Crippen molar-refractivity contribution in [2.24, 2.45) is 0 Å². The summed E-state index contributed by atoms with van der Waals surface area (Å²) in [7, 11) is 3.16. The van der Waals surface area contributed by atoms with Crippen molar-refractivity contribution >= 4 is 23.0 Å². The molecule has 3 aromatic rings. The van der Waals surface area contributed by atoms with Crippen LogP contribution in [0.1, 0.15) is 0 Å². The molecule has 0 atom stereocenters. The molecule has 0 fully saturated rings. The monoisotopic (exact) mass is 365 g/mol. The van der Waals surface area contributed by atoms with Gasteiger partial charge in [-0.25, -0.2) is 19.7 Å². The molecule has 3 rings (SSSR count). The second-order valence-corrected chi connectivity index (χ2v) is 5.49. The highest BCUT2D eigenvalue weighted by Gasteiger charge is 2.10. The molecule has 2 N–H and O–H groups in total. The van der Waals surface area contributed by atoms with E-state index in [1.165, 1.54) is 6.20 Å². The van der Waals surface area contributed by atoms with Gasteiger partial charge in [0.25, 0.3) is 0 Å². The third-order valence-corrected chi connectivity index (χ3v) is 3.73. The highest BCUT2D eigenvalue weighted by molar-refractivity contribution is 5.89. The molecule has 0 unspecified atom stereocenters. The summed E-state index contributed by atoms with van der Waals surface area (Å²) in [5.74, 6) is 1.55. The first kappa shape index (κ1) is 18.1. The Hall–Kier alpha value is -3.68. The minimum Gasteiger partial charge on any atom is -0.493 e. The standard InChI is InChI=1S/C19H19N5O3/c1-4-9-20-19(25)24-17-11-21-14-7-6-13(22-18(14)23-17)12-5-8-15(26-2)16(10-12)27-3/h4-8,10-11H,1,9H2,2-3H3,(H2,20,22,23,24,25). The van der Waals surface area contributed by atoms with Crippen molar-refractivity contribution in [2.45, 2.75) is 0 Å². The van der Waals surface area contributed by atoms with E-state index in [2.05, 4.69) is 32.2 Å². The Morgan fingerprint density at radius 2 is 1.96 bits per heavy atom. The highest BCUT2D eigenvalue weighted by Crippen LogP contribution is 2.31. The number of benzene rings is 1. The number of methoxy groups -OCH3 is 2. The van der Waals surface area contributed by atoms with E-state index in [-0.39, 0.29) is 6.03 Å². The summed E-state index contributed by atoms with van der Waals surface area (Å²) in [6.07, 6.45) is 3.07. The van der Waals surface area contributed by atoms with Crippen LogP contribution in [0.4, 0.5) is 10.6 Å². The van der Waals surface area contributed by atoms with Gasteiger partial charge in [0.2, 0.25) is 0 Å². The number of nitrogens with one attached hydrogen (secondary N) is 2. The number of fused-ring (bicyclic) bond motifs is 1. The maximum Gasteiger partial charge on any atom is 0.320 e. The lowest BCUT2D eigenvalue weighted by Gasteiger charge is -2.10. The molecule has 1 aromatic carbocycles. The number of ether oxygens (including phenoxy) is 2. The summed E-state index contributed by atoms with van der Waals surface area (Å²) in [6.45, 7) is 3.90. The van der Waals surface area contributed by atoms with Gasteiger partial charge < -0.3 is 14.8 Å².